The monoisotopic (exact) mass is 408 g/mol. The zero-order chi connectivity index (χ0) is 21.8. The van der Waals surface area contributed by atoms with Gasteiger partial charge in [-0.25, -0.2) is 4.98 Å². The SMILES string of the molecule is CCc1ccc(-c2cc(C(=O)Nc3ccc([C@@H](C)CC)cc3)c3ccccc3n2)cc1. The van der Waals surface area contributed by atoms with Crippen LogP contribution in [0.4, 0.5) is 5.69 Å². The molecule has 0 aliphatic carbocycles. The van der Waals surface area contributed by atoms with Crippen LogP contribution >= 0.6 is 0 Å². The smallest absolute Gasteiger partial charge is 0.256 e. The van der Waals surface area contributed by atoms with E-state index in [0.717, 1.165) is 40.7 Å². The number of nitrogens with zero attached hydrogens (tertiary/aromatic N) is 1. The summed E-state index contributed by atoms with van der Waals surface area (Å²) in [6.45, 7) is 6.54. The maximum absolute atomic E-state index is 13.2. The van der Waals surface area contributed by atoms with E-state index in [1.165, 1.54) is 11.1 Å². The molecule has 0 saturated heterocycles. The van der Waals surface area contributed by atoms with Crippen molar-refractivity contribution in [1.82, 2.24) is 4.98 Å². The first-order valence-corrected chi connectivity index (χ1v) is 11.0. The van der Waals surface area contributed by atoms with Crippen molar-refractivity contribution in [2.24, 2.45) is 0 Å². The fourth-order valence-corrected chi connectivity index (χ4v) is 3.75. The van der Waals surface area contributed by atoms with Gasteiger partial charge in [-0.05, 0) is 54.2 Å². The van der Waals surface area contributed by atoms with Crippen LogP contribution in [0.5, 0.6) is 0 Å². The van der Waals surface area contributed by atoms with E-state index in [9.17, 15) is 4.79 Å². The van der Waals surface area contributed by atoms with Gasteiger partial charge < -0.3 is 5.32 Å². The Labute approximate surface area is 184 Å². The summed E-state index contributed by atoms with van der Waals surface area (Å²) in [7, 11) is 0. The zero-order valence-electron chi connectivity index (χ0n) is 18.4. The minimum Gasteiger partial charge on any atom is -0.322 e. The summed E-state index contributed by atoms with van der Waals surface area (Å²) < 4.78 is 0. The third-order valence-electron chi connectivity index (χ3n) is 5.97. The van der Waals surface area contributed by atoms with Gasteiger partial charge in [-0.15, -0.1) is 0 Å². The molecule has 1 amide bonds. The van der Waals surface area contributed by atoms with Gasteiger partial charge in [0.05, 0.1) is 16.8 Å². The summed E-state index contributed by atoms with van der Waals surface area (Å²) in [6, 6.07) is 26.2. The zero-order valence-corrected chi connectivity index (χ0v) is 18.4. The molecule has 0 fully saturated rings. The number of amides is 1. The van der Waals surface area contributed by atoms with Crippen molar-refractivity contribution in [1.29, 1.82) is 0 Å². The molecule has 3 heteroatoms. The van der Waals surface area contributed by atoms with Crippen LogP contribution in [0, 0.1) is 0 Å². The highest BCUT2D eigenvalue weighted by Gasteiger charge is 2.14. The van der Waals surface area contributed by atoms with Crippen molar-refractivity contribution in [2.75, 3.05) is 5.32 Å². The molecule has 0 aliphatic rings. The number of carbonyl (C=O) groups excluding carboxylic acids is 1. The largest absolute Gasteiger partial charge is 0.322 e. The van der Waals surface area contributed by atoms with Gasteiger partial charge in [0.2, 0.25) is 0 Å². The molecule has 31 heavy (non-hydrogen) atoms. The Morgan fingerprint density at radius 3 is 2.32 bits per heavy atom. The first-order chi connectivity index (χ1) is 15.1. The minimum atomic E-state index is -0.124. The Hall–Kier alpha value is -3.46. The quantitative estimate of drug-likeness (QED) is 0.366. The lowest BCUT2D eigenvalue weighted by Crippen LogP contribution is -2.13. The highest BCUT2D eigenvalue weighted by Crippen LogP contribution is 2.27. The van der Waals surface area contributed by atoms with Crippen molar-refractivity contribution in [3.8, 4) is 11.3 Å². The molecule has 1 atom stereocenters. The number of fused-ring (bicyclic) bond motifs is 1. The molecule has 3 aromatic carbocycles. The number of rotatable bonds is 6. The van der Waals surface area contributed by atoms with E-state index < -0.39 is 0 Å². The predicted molar refractivity (Wildman–Crippen MR) is 130 cm³/mol. The molecule has 0 spiro atoms. The van der Waals surface area contributed by atoms with E-state index in [4.69, 9.17) is 4.98 Å². The van der Waals surface area contributed by atoms with Gasteiger partial charge in [0, 0.05) is 16.6 Å². The van der Waals surface area contributed by atoms with Gasteiger partial charge in [0.1, 0.15) is 0 Å². The molecule has 4 aromatic rings. The van der Waals surface area contributed by atoms with Gasteiger partial charge in [0.25, 0.3) is 5.91 Å². The summed E-state index contributed by atoms with van der Waals surface area (Å²) in [6.07, 6.45) is 2.09. The highest BCUT2D eigenvalue weighted by molar-refractivity contribution is 6.13. The maximum Gasteiger partial charge on any atom is 0.256 e. The second kappa shape index (κ2) is 9.13. The lowest BCUT2D eigenvalue weighted by molar-refractivity contribution is 0.102. The number of carbonyl (C=O) groups is 1. The molecule has 0 aliphatic heterocycles. The Balaban J connectivity index is 1.69. The molecule has 0 bridgehead atoms. The number of hydrogen-bond donors (Lipinski definition) is 1. The second-order valence-electron chi connectivity index (χ2n) is 8.01. The van der Waals surface area contributed by atoms with Gasteiger partial charge >= 0.3 is 0 Å². The van der Waals surface area contributed by atoms with Crippen molar-refractivity contribution in [3.63, 3.8) is 0 Å². The van der Waals surface area contributed by atoms with E-state index in [0.29, 0.717) is 11.5 Å². The number of nitrogens with one attached hydrogen (secondary N) is 1. The van der Waals surface area contributed by atoms with Crippen molar-refractivity contribution >= 4 is 22.5 Å². The Kier molecular flexibility index (Phi) is 6.13. The lowest BCUT2D eigenvalue weighted by atomic mass is 9.98. The van der Waals surface area contributed by atoms with Gasteiger partial charge in [-0.2, -0.15) is 0 Å². The van der Waals surface area contributed by atoms with Crippen LogP contribution < -0.4 is 5.32 Å². The topological polar surface area (TPSA) is 42.0 Å². The Morgan fingerprint density at radius 1 is 0.935 bits per heavy atom. The van der Waals surface area contributed by atoms with Crippen LogP contribution in [-0.4, -0.2) is 10.9 Å². The first-order valence-electron chi connectivity index (χ1n) is 11.0. The van der Waals surface area contributed by atoms with Crippen LogP contribution in [-0.2, 0) is 6.42 Å². The number of aryl methyl sites for hydroxylation is 1. The number of benzene rings is 3. The van der Waals surface area contributed by atoms with Crippen LogP contribution in [0.25, 0.3) is 22.2 Å². The number of anilines is 1. The first kappa shape index (κ1) is 20.8. The number of aromatic nitrogens is 1. The summed E-state index contributed by atoms with van der Waals surface area (Å²) in [5.74, 6) is 0.386. The summed E-state index contributed by atoms with van der Waals surface area (Å²) in [4.78, 5) is 18.1. The molecule has 4 rings (SSSR count). The summed E-state index contributed by atoms with van der Waals surface area (Å²) >= 11 is 0. The van der Waals surface area contributed by atoms with E-state index in [-0.39, 0.29) is 5.91 Å². The molecule has 156 valence electrons. The summed E-state index contributed by atoms with van der Waals surface area (Å²) in [5.41, 5.74) is 6.62. The second-order valence-corrected chi connectivity index (χ2v) is 8.01. The van der Waals surface area contributed by atoms with Crippen molar-refractivity contribution < 1.29 is 4.79 Å². The average molecular weight is 409 g/mol. The molecule has 1 N–H and O–H groups in total. The number of para-hydroxylation sites is 1. The van der Waals surface area contributed by atoms with Crippen molar-refractivity contribution in [3.05, 3.63) is 95.6 Å². The summed E-state index contributed by atoms with van der Waals surface area (Å²) in [5, 5.41) is 3.92. The molecule has 1 heterocycles. The molecular formula is C28H28N2O. The molecular weight excluding hydrogens is 380 g/mol. The number of pyridine rings is 1. The molecule has 0 radical (unpaired) electrons. The van der Waals surface area contributed by atoms with Gasteiger partial charge in [0.15, 0.2) is 0 Å². The fraction of sp³-hybridized carbons (Fsp3) is 0.214. The minimum absolute atomic E-state index is 0.124. The Bertz CT molecular complexity index is 1190. The van der Waals surface area contributed by atoms with Crippen LogP contribution in [0.3, 0.4) is 0 Å². The van der Waals surface area contributed by atoms with Gasteiger partial charge in [-0.3, -0.25) is 4.79 Å². The van der Waals surface area contributed by atoms with Crippen LogP contribution in [0.2, 0.25) is 0 Å². The van der Waals surface area contributed by atoms with Gasteiger partial charge in [-0.1, -0.05) is 75.4 Å². The van der Waals surface area contributed by atoms with E-state index >= 15 is 0 Å². The van der Waals surface area contributed by atoms with E-state index in [1.54, 1.807) is 0 Å². The predicted octanol–water partition coefficient (Wildman–Crippen LogP) is 7.23. The Morgan fingerprint density at radius 2 is 1.65 bits per heavy atom. The maximum atomic E-state index is 13.2. The fourth-order valence-electron chi connectivity index (χ4n) is 3.75. The van der Waals surface area contributed by atoms with E-state index in [2.05, 4.69) is 62.5 Å². The number of hydrogen-bond acceptors (Lipinski definition) is 2. The third-order valence-corrected chi connectivity index (χ3v) is 5.97. The molecule has 0 unspecified atom stereocenters. The molecule has 0 saturated carbocycles. The highest BCUT2D eigenvalue weighted by atomic mass is 16.1. The molecule has 1 aromatic heterocycles. The van der Waals surface area contributed by atoms with Crippen LogP contribution in [0.1, 0.15) is 54.6 Å². The third kappa shape index (κ3) is 4.51. The van der Waals surface area contributed by atoms with E-state index in [1.807, 2.05) is 42.5 Å². The normalized spacial score (nSPS) is 12.0. The standard InChI is InChI=1S/C28H28N2O/c1-4-19(3)21-14-16-23(17-15-21)29-28(31)25-18-27(22-12-10-20(5-2)11-13-22)30-26-9-7-6-8-24(25)26/h6-19H,4-5H2,1-3H3,(H,29,31)/t19-/m0/s1. The van der Waals surface area contributed by atoms with Crippen LogP contribution in [0.15, 0.2) is 78.9 Å². The average Bonchev–Trinajstić information content (AvgIpc) is 2.83. The molecule has 3 nitrogen and oxygen atoms in total. The lowest BCUT2D eigenvalue weighted by Gasteiger charge is -2.12. The van der Waals surface area contributed by atoms with Crippen molar-refractivity contribution in [2.45, 2.75) is 39.5 Å².